The van der Waals surface area contributed by atoms with Crippen LogP contribution in [0.15, 0.2) is 60.7 Å². The van der Waals surface area contributed by atoms with Crippen LogP contribution >= 0.6 is 0 Å². The van der Waals surface area contributed by atoms with E-state index in [1.54, 1.807) is 0 Å². The first-order valence-electron chi connectivity index (χ1n) is 10.2. The zero-order valence-corrected chi connectivity index (χ0v) is 19.3. The van der Waals surface area contributed by atoms with Crippen molar-refractivity contribution in [1.82, 2.24) is 9.80 Å². The fourth-order valence-corrected chi connectivity index (χ4v) is 8.35. The summed E-state index contributed by atoms with van der Waals surface area (Å²) in [6, 6.07) is 20.6. The molecule has 2 fully saturated rings. The third-order valence-electron chi connectivity index (χ3n) is 5.37. The van der Waals surface area contributed by atoms with Crippen LogP contribution in [0.3, 0.4) is 0 Å². The molecule has 0 bridgehead atoms. The summed E-state index contributed by atoms with van der Waals surface area (Å²) in [5.41, 5.74) is 2.25. The molecule has 4 rings (SSSR count). The predicted octanol–water partition coefficient (Wildman–Crippen LogP) is 2.86. The molecule has 0 aromatic heterocycles. The molecule has 2 atom stereocenters. The Morgan fingerprint density at radius 2 is 1.10 bits per heavy atom. The van der Waals surface area contributed by atoms with Gasteiger partial charge in [-0.2, -0.15) is 0 Å². The van der Waals surface area contributed by atoms with E-state index in [4.69, 9.17) is 15.1 Å². The maximum absolute atomic E-state index is 6.66. The van der Waals surface area contributed by atoms with Gasteiger partial charge < -0.3 is 0 Å². The molecule has 7 heteroatoms. The van der Waals surface area contributed by atoms with Gasteiger partial charge in [0.05, 0.1) is 0 Å². The number of hydrogen-bond donors (Lipinski definition) is 0. The van der Waals surface area contributed by atoms with Gasteiger partial charge in [0.1, 0.15) is 0 Å². The first-order chi connectivity index (χ1) is 14.1. The Labute approximate surface area is 177 Å². The van der Waals surface area contributed by atoms with Gasteiger partial charge in [0.15, 0.2) is 0 Å². The fourth-order valence-electron chi connectivity index (χ4n) is 3.71. The molecule has 6 nitrogen and oxygen atoms in total. The van der Waals surface area contributed by atoms with Crippen molar-refractivity contribution < 1.29 is 15.1 Å². The van der Waals surface area contributed by atoms with Crippen LogP contribution in [0.1, 0.15) is 23.3 Å². The second kappa shape index (κ2) is 9.70. The predicted molar refractivity (Wildman–Crippen MR) is 113 cm³/mol. The van der Waals surface area contributed by atoms with Crippen molar-refractivity contribution in [2.24, 2.45) is 0 Å². The Balaban J connectivity index is 1.64. The van der Waals surface area contributed by atoms with E-state index in [2.05, 4.69) is 48.2 Å². The van der Waals surface area contributed by atoms with E-state index in [9.17, 15) is 0 Å². The Hall–Kier alpha value is -1.26. The maximum atomic E-state index is 6.66. The molecule has 29 heavy (non-hydrogen) atoms. The Kier molecular flexibility index (Phi) is 7.02. The van der Waals surface area contributed by atoms with E-state index in [1.165, 1.54) is 0 Å². The van der Waals surface area contributed by atoms with Crippen molar-refractivity contribution in [2.75, 3.05) is 53.5 Å². The van der Waals surface area contributed by atoms with Gasteiger partial charge in [-0.1, -0.05) is 0 Å². The van der Waals surface area contributed by atoms with E-state index >= 15 is 0 Å². The van der Waals surface area contributed by atoms with Crippen molar-refractivity contribution in [3.05, 3.63) is 71.8 Å². The average molecular weight is 459 g/mol. The van der Waals surface area contributed by atoms with Gasteiger partial charge in [-0.25, -0.2) is 0 Å². The molecule has 1 spiro atoms. The summed E-state index contributed by atoms with van der Waals surface area (Å²) in [6.07, 6.45) is -0.287. The van der Waals surface area contributed by atoms with E-state index in [0.29, 0.717) is 13.2 Å². The van der Waals surface area contributed by atoms with Crippen LogP contribution in [-0.2, 0) is 15.1 Å². The van der Waals surface area contributed by atoms with Crippen LogP contribution in [0.25, 0.3) is 0 Å². The number of nitrogens with zero attached hydrogens (tertiary/aromatic N) is 2. The van der Waals surface area contributed by atoms with Crippen molar-refractivity contribution in [1.29, 1.82) is 0 Å². The molecule has 2 aliphatic rings. The number of benzene rings is 2. The molecule has 2 aromatic rings. The zero-order valence-electron chi connectivity index (χ0n) is 17.2. The summed E-state index contributed by atoms with van der Waals surface area (Å²) in [6.45, 7) is 4.31. The number of likely N-dealkylation sites (N-methyl/N-ethyl adjacent to an activating group) is 2. The summed E-state index contributed by atoms with van der Waals surface area (Å²) in [7, 11) is 4.18. The molecule has 0 N–H and O–H groups in total. The molecular weight excluding hydrogens is 429 g/mol. The molecule has 2 saturated heterocycles. The fraction of sp³-hybridized carbons (Fsp3) is 0.455. The summed E-state index contributed by atoms with van der Waals surface area (Å²) in [5, 5.41) is 0. The van der Waals surface area contributed by atoms with E-state index < -0.39 is 14.6 Å². The van der Waals surface area contributed by atoms with E-state index in [-0.39, 0.29) is 12.2 Å². The quantitative estimate of drug-likeness (QED) is 0.645. The van der Waals surface area contributed by atoms with Crippen LogP contribution in [0.5, 0.6) is 0 Å². The third kappa shape index (κ3) is 5.46. The minimum atomic E-state index is -3.97. The van der Waals surface area contributed by atoms with Gasteiger partial charge >= 0.3 is 177 Å². The van der Waals surface area contributed by atoms with Crippen molar-refractivity contribution >= 4 is 14.6 Å². The van der Waals surface area contributed by atoms with Gasteiger partial charge in [0.25, 0.3) is 0 Å². The Morgan fingerprint density at radius 1 is 0.690 bits per heavy atom. The van der Waals surface area contributed by atoms with E-state index in [0.717, 1.165) is 37.3 Å². The van der Waals surface area contributed by atoms with Gasteiger partial charge in [-0.15, -0.1) is 0 Å². The van der Waals surface area contributed by atoms with Crippen molar-refractivity contribution in [3.8, 4) is 0 Å². The molecule has 0 amide bonds. The molecule has 2 aliphatic heterocycles. The molecule has 0 unspecified atom stereocenters. The minimum absolute atomic E-state index is 0.143. The van der Waals surface area contributed by atoms with Crippen LogP contribution in [-0.4, -0.2) is 77.9 Å². The molecule has 0 radical (unpaired) electrons. The number of hydrogen-bond acceptors (Lipinski definition) is 6. The topological polar surface area (TPSA) is 43.4 Å². The van der Waals surface area contributed by atoms with Gasteiger partial charge in [0, 0.05) is 0 Å². The standard InChI is InChI=1S/C22H30GeN2O4/c1-24-13-15-26-23(28-21(17-24)19-9-5-3-6-10-19)27-16-14-25(2)18-22(29-23)20-11-7-4-8-12-20/h3-12,21-22H,13-18H2,1-2H3/t21-,22-,23?/m1/s1. The van der Waals surface area contributed by atoms with Crippen molar-refractivity contribution in [3.63, 3.8) is 0 Å². The second-order valence-electron chi connectivity index (χ2n) is 7.76. The van der Waals surface area contributed by atoms with Crippen LogP contribution in [0, 0.1) is 0 Å². The van der Waals surface area contributed by atoms with Crippen LogP contribution in [0.2, 0.25) is 0 Å². The monoisotopic (exact) mass is 460 g/mol. The molecule has 0 aliphatic carbocycles. The van der Waals surface area contributed by atoms with Crippen molar-refractivity contribution in [2.45, 2.75) is 12.2 Å². The zero-order chi connectivity index (χ0) is 20.1. The Bertz CT molecular complexity index is 698. The SMILES string of the molecule is CN1CC[O][Ge]2([O]CCN(C)C[C@H](c3ccccc3)[O]2)[O][C@@H](c2ccccc2)C1. The summed E-state index contributed by atoms with van der Waals surface area (Å²) in [5.74, 6) is 0. The van der Waals surface area contributed by atoms with Gasteiger partial charge in [-0.05, 0) is 0 Å². The van der Waals surface area contributed by atoms with Gasteiger partial charge in [-0.3, -0.25) is 0 Å². The van der Waals surface area contributed by atoms with Crippen LogP contribution in [0.4, 0.5) is 0 Å². The molecular formula is C22H30GeN2O4. The summed E-state index contributed by atoms with van der Waals surface area (Å²) >= 11 is -3.97. The normalized spacial score (nSPS) is 27.0. The van der Waals surface area contributed by atoms with Crippen LogP contribution < -0.4 is 0 Å². The second-order valence-corrected chi connectivity index (χ2v) is 12.1. The molecule has 2 aromatic carbocycles. The third-order valence-corrected chi connectivity index (χ3v) is 10.1. The average Bonchev–Trinajstić information content (AvgIpc) is 2.71. The summed E-state index contributed by atoms with van der Waals surface area (Å²) in [4.78, 5) is 4.47. The first kappa shape index (κ1) is 21.0. The first-order valence-corrected chi connectivity index (χ1v) is 13.7. The Morgan fingerprint density at radius 3 is 1.52 bits per heavy atom. The number of rotatable bonds is 2. The molecule has 0 saturated carbocycles. The van der Waals surface area contributed by atoms with Gasteiger partial charge in [0.2, 0.25) is 0 Å². The van der Waals surface area contributed by atoms with E-state index in [1.807, 2.05) is 36.4 Å². The molecule has 156 valence electrons. The molecule has 2 heterocycles. The summed E-state index contributed by atoms with van der Waals surface area (Å²) < 4.78 is 26.0.